The van der Waals surface area contributed by atoms with E-state index in [4.69, 9.17) is 51.9 Å². The van der Waals surface area contributed by atoms with E-state index in [0.717, 1.165) is 7.11 Å². The Kier molecular flexibility index (Phi) is 21.5. The van der Waals surface area contributed by atoms with Crippen molar-refractivity contribution in [3.8, 4) is 0 Å². The molecule has 74 heavy (non-hydrogen) atoms. The van der Waals surface area contributed by atoms with Gasteiger partial charge in [-0.15, -0.1) is 0 Å². The summed E-state index contributed by atoms with van der Waals surface area (Å²) in [6.45, 7) is 3.86. The van der Waals surface area contributed by atoms with Crippen molar-refractivity contribution in [1.29, 1.82) is 0 Å². The molecule has 434 valence electrons. The highest BCUT2D eigenvalue weighted by atomic mass is 32.3. The van der Waals surface area contributed by atoms with Crippen molar-refractivity contribution in [2.45, 2.75) is 158 Å². The monoisotopic (exact) mass is 1170 g/mol. The lowest BCUT2D eigenvalue weighted by molar-refractivity contribution is -0.379. The van der Waals surface area contributed by atoms with Gasteiger partial charge in [-0.25, -0.2) is 21.5 Å². The summed E-state index contributed by atoms with van der Waals surface area (Å²) >= 11 is 0. The van der Waals surface area contributed by atoms with Gasteiger partial charge >= 0.3 is 47.6 Å². The van der Waals surface area contributed by atoms with E-state index in [1.54, 1.807) is 0 Å². The predicted octanol–water partition coefficient (Wildman–Crippen LogP) is -5.44. The number of carbonyl (C=O) groups is 1. The molecule has 39 heteroatoms. The molecular weight excluding hydrogens is 1110 g/mol. The average Bonchev–Trinajstić information content (AvgIpc) is 3.29. The number of ether oxygens (including phenoxy) is 10. The maximum absolute atomic E-state index is 12.6. The molecule has 0 spiro atoms. The summed E-state index contributed by atoms with van der Waals surface area (Å²) in [6, 6.07) is 0. The highest BCUT2D eigenvalue weighted by molar-refractivity contribution is 7.81. The molecule has 0 amide bonds. The molecule has 5 fully saturated rings. The zero-order valence-corrected chi connectivity index (χ0v) is 42.7. The summed E-state index contributed by atoms with van der Waals surface area (Å²) in [7, 11) is -20.0. The van der Waals surface area contributed by atoms with E-state index in [9.17, 15) is 88.0 Å². The number of rotatable bonds is 22. The standard InChI is InChI=1S/C35H60NO34S4/c1-10-12(3)32(61-15(18(10)37)7-58-71(45,46)47)66-25-20(39)21(40)34(68-28(25)30(42)43)64-23-11(2)13(4)33(63-16(23)8-59-72(48,49)50)67-26-22(41)27(70-74(54,55)56)35(69-29(26)36-44)65-24-17(9-60-73(51,52)53)62-31(57-6)14(5)19(24)38/h10-29,31-41H,7-9H2,1-6H3,(H,42,43)(H,45,46,47)(H,48,49,50)(H,51,52,53)(H,54,55,56)/q-1/t10-,11-,12?,13?,14?,15?,16?,17?,18+,19-,20-,21?,22?,23+,24-,25+,26+,27?,28?,29-,31+,32-,33-,34-,35-/m1/s1. The van der Waals surface area contributed by atoms with E-state index in [0.29, 0.717) is 0 Å². The zero-order chi connectivity index (χ0) is 55.7. The Balaban J connectivity index is 1.38. The van der Waals surface area contributed by atoms with E-state index >= 15 is 0 Å². The molecular formula is C35H60NO34S4-. The largest absolute Gasteiger partial charge is 0.786 e. The van der Waals surface area contributed by atoms with Crippen LogP contribution in [0.25, 0.3) is 0 Å². The summed E-state index contributed by atoms with van der Waals surface area (Å²) in [5.41, 5.74) is 1.38. The highest BCUT2D eigenvalue weighted by Gasteiger charge is 2.57. The molecule has 0 aromatic heterocycles. The van der Waals surface area contributed by atoms with Crippen molar-refractivity contribution >= 4 is 47.6 Å². The quantitative estimate of drug-likeness (QED) is 0.0356. The van der Waals surface area contributed by atoms with Crippen molar-refractivity contribution in [2.75, 3.05) is 26.9 Å². The van der Waals surface area contributed by atoms with Crippen LogP contribution in [0, 0.1) is 34.8 Å². The Morgan fingerprint density at radius 3 is 1.43 bits per heavy atom. The Bertz CT molecular complexity index is 2320. The maximum Gasteiger partial charge on any atom is 0.397 e. The topological polar surface area (TPSA) is 520 Å². The summed E-state index contributed by atoms with van der Waals surface area (Å²) < 4.78 is 205. The number of aliphatic hydroxyl groups is 5. The second-order valence-electron chi connectivity index (χ2n) is 17.9. The minimum Gasteiger partial charge on any atom is -0.786 e. The molecule has 0 saturated carbocycles. The number of methoxy groups -OCH3 is 1. The third-order valence-electron chi connectivity index (χ3n) is 13.1. The van der Waals surface area contributed by atoms with Gasteiger partial charge in [0.05, 0.1) is 38.1 Å². The fourth-order valence-corrected chi connectivity index (χ4v) is 10.2. The van der Waals surface area contributed by atoms with Gasteiger partial charge < -0.3 is 88.7 Å². The van der Waals surface area contributed by atoms with Crippen molar-refractivity contribution in [3.63, 3.8) is 0 Å². The normalized spacial score (nSPS) is 44.0. The molecule has 0 bridgehead atoms. The molecule has 5 aliphatic rings. The first-order valence-electron chi connectivity index (χ1n) is 22.0. The van der Waals surface area contributed by atoms with E-state index in [2.05, 4.69) is 16.7 Å². The molecule has 5 saturated heterocycles. The van der Waals surface area contributed by atoms with Crippen LogP contribution in [0.5, 0.6) is 0 Å². The summed E-state index contributed by atoms with van der Waals surface area (Å²) in [4.78, 5) is 12.6. The number of hydrogen-bond acceptors (Lipinski definition) is 30. The third kappa shape index (κ3) is 16.0. The van der Waals surface area contributed by atoms with Gasteiger partial charge in [-0.3, -0.25) is 18.2 Å². The molecule has 0 aromatic rings. The first-order chi connectivity index (χ1) is 34.1. The van der Waals surface area contributed by atoms with Crippen molar-refractivity contribution in [1.82, 2.24) is 5.48 Å². The molecule has 0 radical (unpaired) electrons. The first kappa shape index (κ1) is 63.1. The van der Waals surface area contributed by atoms with E-state index < -0.39 is 220 Å². The van der Waals surface area contributed by atoms with Gasteiger partial charge in [-0.05, 0) is 11.8 Å². The Morgan fingerprint density at radius 1 is 0.473 bits per heavy atom. The number of carboxylic acids is 1. The van der Waals surface area contributed by atoms with Gasteiger partial charge in [-0.2, -0.15) is 33.7 Å². The van der Waals surface area contributed by atoms with E-state index in [1.807, 2.05) is 0 Å². The Morgan fingerprint density at radius 2 is 0.932 bits per heavy atom. The van der Waals surface area contributed by atoms with Gasteiger partial charge in [0, 0.05) is 24.9 Å². The molecule has 5 rings (SSSR count). The minimum absolute atomic E-state index is 0.780. The van der Waals surface area contributed by atoms with Crippen LogP contribution >= 0.6 is 0 Å². The van der Waals surface area contributed by atoms with Crippen LogP contribution < -0.4 is 5.48 Å². The van der Waals surface area contributed by atoms with Crippen molar-refractivity contribution in [3.05, 3.63) is 5.21 Å². The molecule has 11 N–H and O–H groups in total. The molecule has 10 unspecified atom stereocenters. The molecule has 5 aliphatic heterocycles. The second-order valence-corrected chi connectivity index (χ2v) is 22.3. The van der Waals surface area contributed by atoms with Crippen LogP contribution in [0.3, 0.4) is 0 Å². The molecule has 0 aliphatic carbocycles. The van der Waals surface area contributed by atoms with Crippen LogP contribution in [-0.4, -0.2) is 239 Å². The van der Waals surface area contributed by atoms with Crippen LogP contribution in [0.1, 0.15) is 34.6 Å². The average molecular weight is 1170 g/mol. The lowest BCUT2D eigenvalue weighted by atomic mass is 9.84. The number of hydroxylamine groups is 1. The zero-order valence-electron chi connectivity index (χ0n) is 39.5. The van der Waals surface area contributed by atoms with Gasteiger partial charge in [-0.1, -0.05) is 34.6 Å². The third-order valence-corrected chi connectivity index (χ3v) is 14.9. The van der Waals surface area contributed by atoms with Crippen molar-refractivity contribution < 1.29 is 151 Å². The van der Waals surface area contributed by atoms with E-state index in [1.165, 1.54) is 40.1 Å². The Hall–Kier alpha value is -1.73. The SMILES string of the molecule is CO[C@H]1OC(COS(=O)(=O)O)[C@@H](O[C@@H]2O[C@@H](N[O-])[C@@H](O[C@H]3OC(COS(=O)(=O)O)[C@@H](O[C@@H]4OC(C(=O)O)[C@@H](O[C@H]5OC(COS(=O)(=O)O)[C@@H](O)[C@H](C)C5C)[C@H](O)C4O)[C@H](C)C3C)C(O)C2OS(=O)(=O)O)[C@H](O)C1C. The lowest BCUT2D eigenvalue weighted by Gasteiger charge is -2.51. The predicted molar refractivity (Wildman–Crippen MR) is 229 cm³/mol. The molecule has 25 atom stereocenters. The molecule has 5 heterocycles. The first-order valence-corrected chi connectivity index (χ1v) is 27.5. The number of nitrogens with one attached hydrogen (secondary N) is 1. The van der Waals surface area contributed by atoms with Crippen LogP contribution in [0.15, 0.2) is 0 Å². The number of carboxylic acid groups (broad SMARTS) is 1. The summed E-state index contributed by atoms with van der Waals surface area (Å²) in [5, 5.41) is 78.9. The molecule has 0 aromatic carbocycles. The smallest absolute Gasteiger partial charge is 0.397 e. The van der Waals surface area contributed by atoms with Gasteiger partial charge in [0.25, 0.3) is 0 Å². The van der Waals surface area contributed by atoms with Crippen molar-refractivity contribution in [2.24, 2.45) is 29.6 Å². The van der Waals surface area contributed by atoms with Crippen LogP contribution in [-0.2, 0) is 110 Å². The summed E-state index contributed by atoms with van der Waals surface area (Å²) in [6.07, 6.45) is -38.7. The van der Waals surface area contributed by atoms with Gasteiger partial charge in [0.1, 0.15) is 61.2 Å². The highest BCUT2D eigenvalue weighted by Crippen LogP contribution is 2.41. The molecule has 35 nitrogen and oxygen atoms in total. The summed E-state index contributed by atoms with van der Waals surface area (Å²) in [5.74, 6) is -6.68. The number of aliphatic carboxylic acids is 1. The number of aliphatic hydroxyl groups excluding tert-OH is 5. The van der Waals surface area contributed by atoms with Crippen LogP contribution in [0.2, 0.25) is 0 Å². The van der Waals surface area contributed by atoms with Gasteiger partial charge in [0.2, 0.25) is 0 Å². The fraction of sp³-hybridized carbons (Fsp3) is 0.971. The van der Waals surface area contributed by atoms with Crippen LogP contribution in [0.4, 0.5) is 0 Å². The maximum atomic E-state index is 12.6. The fourth-order valence-electron chi connectivity index (χ4n) is 8.76. The lowest BCUT2D eigenvalue weighted by Crippen LogP contribution is -2.67. The second kappa shape index (κ2) is 25.2. The van der Waals surface area contributed by atoms with E-state index in [-0.39, 0.29) is 0 Å². The number of hydrogen-bond donors (Lipinski definition) is 11. The Labute approximate surface area is 422 Å². The van der Waals surface area contributed by atoms with Gasteiger partial charge in [0.15, 0.2) is 43.7 Å². The minimum atomic E-state index is -5.62.